The van der Waals surface area contributed by atoms with Gasteiger partial charge < -0.3 is 0 Å². The van der Waals surface area contributed by atoms with Crippen LogP contribution in [0, 0.1) is 17.9 Å². The predicted octanol–water partition coefficient (Wildman–Crippen LogP) is 7.56. The highest BCUT2D eigenvalue weighted by Crippen LogP contribution is 2.14. The van der Waals surface area contributed by atoms with Crippen molar-refractivity contribution in [1.82, 2.24) is 0 Å². The summed E-state index contributed by atoms with van der Waals surface area (Å²) in [6, 6.07) is 25.5. The Morgan fingerprint density at radius 3 is 1.23 bits per heavy atom. The number of nitrogens with zero attached hydrogens (tertiary/aromatic N) is 2. The molecule has 0 aromatic heterocycles. The summed E-state index contributed by atoms with van der Waals surface area (Å²) in [5.41, 5.74) is 5.72. The summed E-state index contributed by atoms with van der Waals surface area (Å²) in [6.07, 6.45) is 16.1. The SMILES string of the molecule is [C-]#[N+]c1ccc(/C=C/C=C/c2ccc(/C=C/C=C/c3ccc(C#N)cc3)cc2)cc1. The van der Waals surface area contributed by atoms with Crippen molar-refractivity contribution in [3.63, 3.8) is 0 Å². The number of benzene rings is 3. The normalized spacial score (nSPS) is 11.4. The Balaban J connectivity index is 1.52. The molecule has 0 radical (unpaired) electrons. The molecule has 0 atom stereocenters. The van der Waals surface area contributed by atoms with Crippen molar-refractivity contribution in [3.05, 3.63) is 136 Å². The van der Waals surface area contributed by atoms with Gasteiger partial charge in [0.25, 0.3) is 0 Å². The Morgan fingerprint density at radius 1 is 0.567 bits per heavy atom. The molecule has 0 aliphatic carbocycles. The van der Waals surface area contributed by atoms with Crippen LogP contribution in [0.4, 0.5) is 5.69 Å². The van der Waals surface area contributed by atoms with Gasteiger partial charge in [0.05, 0.1) is 18.2 Å². The maximum atomic E-state index is 8.82. The average Bonchev–Trinajstić information content (AvgIpc) is 2.81. The summed E-state index contributed by atoms with van der Waals surface area (Å²) in [5, 5.41) is 8.82. The largest absolute Gasteiger partial charge is 0.238 e. The Bertz CT molecular complexity index is 1060. The van der Waals surface area contributed by atoms with Gasteiger partial charge in [-0.3, -0.25) is 0 Å². The molecule has 3 aromatic rings. The third-order valence-corrected chi connectivity index (χ3v) is 4.38. The summed E-state index contributed by atoms with van der Waals surface area (Å²) in [6.45, 7) is 6.97. The van der Waals surface area contributed by atoms with Crippen molar-refractivity contribution in [1.29, 1.82) is 5.26 Å². The summed E-state index contributed by atoms with van der Waals surface area (Å²) in [7, 11) is 0. The molecule has 0 bridgehead atoms. The fourth-order valence-corrected chi connectivity index (χ4v) is 2.71. The van der Waals surface area contributed by atoms with Gasteiger partial charge in [0, 0.05) is 0 Å². The second-order valence-electron chi connectivity index (χ2n) is 6.54. The van der Waals surface area contributed by atoms with Gasteiger partial charge in [-0.2, -0.15) is 5.26 Å². The monoisotopic (exact) mass is 384 g/mol. The molecule has 0 saturated carbocycles. The summed E-state index contributed by atoms with van der Waals surface area (Å²) in [4.78, 5) is 3.39. The first-order chi connectivity index (χ1) is 14.8. The second-order valence-corrected chi connectivity index (χ2v) is 6.54. The molecule has 3 aromatic carbocycles. The number of hydrogen-bond donors (Lipinski definition) is 0. The van der Waals surface area contributed by atoms with Crippen LogP contribution in [0.25, 0.3) is 29.1 Å². The van der Waals surface area contributed by atoms with Gasteiger partial charge >= 0.3 is 0 Å². The van der Waals surface area contributed by atoms with E-state index in [1.165, 1.54) is 0 Å². The fraction of sp³-hybridized carbons (Fsp3) is 0. The number of allylic oxidation sites excluding steroid dienone is 4. The first-order valence-electron chi connectivity index (χ1n) is 9.54. The van der Waals surface area contributed by atoms with E-state index < -0.39 is 0 Å². The van der Waals surface area contributed by atoms with Gasteiger partial charge in [-0.05, 0) is 34.4 Å². The maximum absolute atomic E-state index is 8.82. The molecule has 0 amide bonds. The number of nitriles is 1. The van der Waals surface area contributed by atoms with E-state index in [0.29, 0.717) is 11.3 Å². The fourth-order valence-electron chi connectivity index (χ4n) is 2.71. The molecule has 2 heteroatoms. The molecular weight excluding hydrogens is 364 g/mol. The van der Waals surface area contributed by atoms with Crippen LogP contribution < -0.4 is 0 Å². The van der Waals surface area contributed by atoms with Gasteiger partial charge in [-0.1, -0.05) is 109 Å². The highest BCUT2D eigenvalue weighted by atomic mass is 14.6. The lowest BCUT2D eigenvalue weighted by Crippen LogP contribution is -1.75. The van der Waals surface area contributed by atoms with Gasteiger partial charge in [0.1, 0.15) is 0 Å². The van der Waals surface area contributed by atoms with Crippen molar-refractivity contribution in [3.8, 4) is 6.07 Å². The molecular formula is C28H20N2. The minimum Gasteiger partial charge on any atom is -0.238 e. The molecule has 0 aliphatic rings. The van der Waals surface area contributed by atoms with Crippen LogP contribution >= 0.6 is 0 Å². The molecule has 0 unspecified atom stereocenters. The van der Waals surface area contributed by atoms with Crippen molar-refractivity contribution >= 4 is 30.0 Å². The van der Waals surface area contributed by atoms with E-state index in [2.05, 4.69) is 47.3 Å². The molecule has 0 heterocycles. The minimum atomic E-state index is 0.654. The Labute approximate surface area is 177 Å². The lowest BCUT2D eigenvalue weighted by atomic mass is 10.1. The van der Waals surface area contributed by atoms with E-state index in [-0.39, 0.29) is 0 Å². The van der Waals surface area contributed by atoms with E-state index in [1.54, 1.807) is 0 Å². The Hall–Kier alpha value is -4.40. The molecule has 0 N–H and O–H groups in total. The molecule has 142 valence electrons. The van der Waals surface area contributed by atoms with Gasteiger partial charge in [0.15, 0.2) is 5.69 Å². The molecule has 2 nitrogen and oxygen atoms in total. The quantitative estimate of drug-likeness (QED) is 0.318. The first-order valence-corrected chi connectivity index (χ1v) is 9.54. The highest BCUT2D eigenvalue weighted by Gasteiger charge is 1.90. The third kappa shape index (κ3) is 6.34. The molecule has 0 aliphatic heterocycles. The van der Waals surface area contributed by atoms with E-state index in [0.717, 1.165) is 22.3 Å². The molecule has 0 spiro atoms. The summed E-state index contributed by atoms with van der Waals surface area (Å²) >= 11 is 0. The van der Waals surface area contributed by atoms with Crippen LogP contribution in [-0.2, 0) is 0 Å². The number of hydrogen-bond acceptors (Lipinski definition) is 1. The van der Waals surface area contributed by atoms with Crippen LogP contribution in [-0.4, -0.2) is 0 Å². The van der Waals surface area contributed by atoms with Crippen LogP contribution in [0.3, 0.4) is 0 Å². The zero-order chi connectivity index (χ0) is 21.0. The molecule has 0 fully saturated rings. The van der Waals surface area contributed by atoms with Crippen LogP contribution in [0.15, 0.2) is 97.1 Å². The van der Waals surface area contributed by atoms with Crippen molar-refractivity contribution in [2.45, 2.75) is 0 Å². The third-order valence-electron chi connectivity index (χ3n) is 4.38. The van der Waals surface area contributed by atoms with E-state index in [9.17, 15) is 0 Å². The average molecular weight is 384 g/mol. The standard InChI is InChI=1S/C28H20N2/c1-30-28-20-18-26(19-21-28)9-5-4-7-24-12-10-23(11-13-24)6-2-3-8-25-14-16-27(22-29)17-15-25/h2-21H/b6-2+,7-4+,8-3+,9-5+. The predicted molar refractivity (Wildman–Crippen MR) is 126 cm³/mol. The first kappa shape index (κ1) is 20.3. The minimum absolute atomic E-state index is 0.654. The van der Waals surface area contributed by atoms with Crippen LogP contribution in [0.1, 0.15) is 27.8 Å². The number of rotatable bonds is 6. The smallest absolute Gasteiger partial charge is 0.187 e. The zero-order valence-corrected chi connectivity index (χ0v) is 16.4. The lowest BCUT2D eigenvalue weighted by molar-refractivity contribution is 1.48. The van der Waals surface area contributed by atoms with Crippen molar-refractivity contribution in [2.24, 2.45) is 0 Å². The van der Waals surface area contributed by atoms with Crippen molar-refractivity contribution < 1.29 is 0 Å². The van der Waals surface area contributed by atoms with E-state index in [1.807, 2.05) is 85.0 Å². The second kappa shape index (κ2) is 10.8. The van der Waals surface area contributed by atoms with E-state index >= 15 is 0 Å². The zero-order valence-electron chi connectivity index (χ0n) is 16.4. The molecule has 30 heavy (non-hydrogen) atoms. The van der Waals surface area contributed by atoms with Gasteiger partial charge in [-0.15, -0.1) is 0 Å². The topological polar surface area (TPSA) is 28.1 Å². The van der Waals surface area contributed by atoms with E-state index in [4.69, 9.17) is 11.8 Å². The molecule has 3 rings (SSSR count). The maximum Gasteiger partial charge on any atom is 0.187 e. The van der Waals surface area contributed by atoms with Gasteiger partial charge in [-0.25, -0.2) is 4.85 Å². The van der Waals surface area contributed by atoms with Crippen molar-refractivity contribution in [2.75, 3.05) is 0 Å². The summed E-state index contributed by atoms with van der Waals surface area (Å²) in [5.74, 6) is 0. The highest BCUT2D eigenvalue weighted by molar-refractivity contribution is 5.62. The Morgan fingerprint density at radius 2 is 0.900 bits per heavy atom. The Kier molecular flexibility index (Phi) is 7.33. The van der Waals surface area contributed by atoms with Gasteiger partial charge in [0.2, 0.25) is 0 Å². The lowest BCUT2D eigenvalue weighted by Gasteiger charge is -1.95. The summed E-state index contributed by atoms with van der Waals surface area (Å²) < 4.78 is 0. The van der Waals surface area contributed by atoms with Crippen LogP contribution in [0.5, 0.6) is 0 Å². The molecule has 0 saturated heterocycles. The van der Waals surface area contributed by atoms with Crippen LogP contribution in [0.2, 0.25) is 0 Å².